The number of carbonyl (C=O) groups is 1. The summed E-state index contributed by atoms with van der Waals surface area (Å²) in [5.41, 5.74) is 3.26. The maximum absolute atomic E-state index is 12.2. The van der Waals surface area contributed by atoms with Crippen molar-refractivity contribution in [2.24, 2.45) is 0 Å². The summed E-state index contributed by atoms with van der Waals surface area (Å²) in [6, 6.07) is 15.8. The third-order valence-electron chi connectivity index (χ3n) is 4.56. The van der Waals surface area contributed by atoms with Crippen LogP contribution in [0.3, 0.4) is 0 Å². The lowest BCUT2D eigenvalue weighted by molar-refractivity contribution is -0.142. The summed E-state index contributed by atoms with van der Waals surface area (Å²) in [4.78, 5) is 20.2. The quantitative estimate of drug-likeness (QED) is 0.649. The van der Waals surface area contributed by atoms with E-state index in [1.54, 1.807) is 19.2 Å². The first kappa shape index (κ1) is 18.5. The highest BCUT2D eigenvalue weighted by Gasteiger charge is 2.26. The Morgan fingerprint density at radius 3 is 2.63 bits per heavy atom. The second-order valence-electron chi connectivity index (χ2n) is 6.19. The van der Waals surface area contributed by atoms with E-state index in [-0.39, 0.29) is 6.42 Å². The van der Waals surface area contributed by atoms with Gasteiger partial charge in [-0.15, -0.1) is 0 Å². The molecule has 0 amide bonds. The number of rotatable bonds is 7. The topological polar surface area (TPSA) is 88.0 Å². The average molecular weight is 363 g/mol. The summed E-state index contributed by atoms with van der Waals surface area (Å²) >= 11 is 0. The van der Waals surface area contributed by atoms with E-state index in [1.807, 2.05) is 18.2 Å². The molecular formula is C21H21N3O3. The van der Waals surface area contributed by atoms with Crippen LogP contribution in [0.15, 0.2) is 42.5 Å². The van der Waals surface area contributed by atoms with Crippen LogP contribution in [-0.2, 0) is 22.4 Å². The fourth-order valence-electron chi connectivity index (χ4n) is 3.17. The number of aromatic nitrogens is 2. The van der Waals surface area contributed by atoms with E-state index in [9.17, 15) is 4.79 Å². The van der Waals surface area contributed by atoms with Crippen LogP contribution < -0.4 is 4.74 Å². The first-order chi connectivity index (χ1) is 13.2. The Hall–Kier alpha value is -3.33. The van der Waals surface area contributed by atoms with Gasteiger partial charge in [-0.3, -0.25) is 4.79 Å². The highest BCUT2D eigenvalue weighted by molar-refractivity contribution is 5.90. The fraction of sp³-hybridized carbons (Fsp3) is 0.286. The summed E-state index contributed by atoms with van der Waals surface area (Å²) in [5.74, 6) is 0.323. The van der Waals surface area contributed by atoms with Gasteiger partial charge in [-0.25, -0.2) is 4.98 Å². The van der Waals surface area contributed by atoms with Crippen LogP contribution in [0.4, 0.5) is 0 Å². The molecule has 0 saturated heterocycles. The molecule has 0 aliphatic heterocycles. The van der Waals surface area contributed by atoms with Gasteiger partial charge in [0.25, 0.3) is 0 Å². The van der Waals surface area contributed by atoms with Crippen molar-refractivity contribution in [3.63, 3.8) is 0 Å². The van der Waals surface area contributed by atoms with E-state index in [0.717, 1.165) is 24.2 Å². The number of hydrogen-bond acceptors (Lipinski definition) is 5. The number of nitrogens with one attached hydrogen (secondary N) is 1. The van der Waals surface area contributed by atoms with Crippen LogP contribution in [-0.4, -0.2) is 30.2 Å². The van der Waals surface area contributed by atoms with Crippen LogP contribution in [0.2, 0.25) is 0 Å². The monoisotopic (exact) mass is 363 g/mol. The van der Waals surface area contributed by atoms with Gasteiger partial charge in [0.1, 0.15) is 17.1 Å². The second-order valence-corrected chi connectivity index (χ2v) is 6.19. The molecule has 1 N–H and O–H groups in total. The molecule has 0 radical (unpaired) electrons. The highest BCUT2D eigenvalue weighted by Crippen LogP contribution is 2.33. The van der Waals surface area contributed by atoms with Crippen molar-refractivity contribution in [2.75, 3.05) is 14.2 Å². The molecule has 1 aromatic heterocycles. The molecule has 1 atom stereocenters. The van der Waals surface area contributed by atoms with Crippen molar-refractivity contribution >= 4 is 17.0 Å². The number of carbonyl (C=O) groups excluding carboxylic acids is 1. The number of fused-ring (bicyclic) bond motifs is 1. The SMILES string of the molecule is COC(=O)C(CC#N)c1ccc(OC)c2[nH]c(CCc3ccccc3)nc12. The Kier molecular flexibility index (Phi) is 5.72. The minimum atomic E-state index is -0.682. The van der Waals surface area contributed by atoms with Crippen molar-refractivity contribution in [3.8, 4) is 11.8 Å². The van der Waals surface area contributed by atoms with Crippen molar-refractivity contribution in [2.45, 2.75) is 25.2 Å². The maximum Gasteiger partial charge on any atom is 0.314 e. The average Bonchev–Trinajstić information content (AvgIpc) is 3.14. The van der Waals surface area contributed by atoms with Gasteiger partial charge in [-0.2, -0.15) is 5.26 Å². The van der Waals surface area contributed by atoms with E-state index in [0.29, 0.717) is 16.8 Å². The molecule has 138 valence electrons. The highest BCUT2D eigenvalue weighted by atomic mass is 16.5. The largest absolute Gasteiger partial charge is 0.494 e. The number of methoxy groups -OCH3 is 2. The van der Waals surface area contributed by atoms with Gasteiger partial charge >= 0.3 is 5.97 Å². The molecule has 1 heterocycles. The Morgan fingerprint density at radius 2 is 1.96 bits per heavy atom. The van der Waals surface area contributed by atoms with Crippen molar-refractivity contribution in [3.05, 3.63) is 59.4 Å². The molecule has 6 heteroatoms. The van der Waals surface area contributed by atoms with Gasteiger partial charge in [0, 0.05) is 6.42 Å². The Balaban J connectivity index is 1.99. The number of hydrogen-bond donors (Lipinski definition) is 1. The number of aromatic amines is 1. The molecule has 27 heavy (non-hydrogen) atoms. The molecule has 0 aliphatic rings. The lowest BCUT2D eigenvalue weighted by Crippen LogP contribution is -2.14. The van der Waals surface area contributed by atoms with Crippen molar-refractivity contribution in [1.82, 2.24) is 9.97 Å². The lowest BCUT2D eigenvalue weighted by atomic mass is 9.95. The van der Waals surface area contributed by atoms with E-state index in [4.69, 9.17) is 19.7 Å². The van der Waals surface area contributed by atoms with E-state index < -0.39 is 11.9 Å². The van der Waals surface area contributed by atoms with Gasteiger partial charge in [0.15, 0.2) is 0 Å². The first-order valence-corrected chi connectivity index (χ1v) is 8.72. The number of nitriles is 1. The third kappa shape index (κ3) is 3.93. The van der Waals surface area contributed by atoms with Crippen molar-refractivity contribution in [1.29, 1.82) is 5.26 Å². The maximum atomic E-state index is 12.2. The molecule has 2 aromatic carbocycles. The Morgan fingerprint density at radius 1 is 1.19 bits per heavy atom. The summed E-state index contributed by atoms with van der Waals surface area (Å²) in [5, 5.41) is 9.12. The lowest BCUT2D eigenvalue weighted by Gasteiger charge is -2.13. The third-order valence-corrected chi connectivity index (χ3v) is 4.56. The summed E-state index contributed by atoms with van der Waals surface area (Å²) in [7, 11) is 2.91. The smallest absolute Gasteiger partial charge is 0.314 e. The molecule has 0 aliphatic carbocycles. The van der Waals surface area contributed by atoms with Gasteiger partial charge in [0.2, 0.25) is 0 Å². The van der Waals surface area contributed by atoms with Crippen LogP contribution in [0, 0.1) is 11.3 Å². The fourth-order valence-corrected chi connectivity index (χ4v) is 3.17. The van der Waals surface area contributed by atoms with Crippen LogP contribution >= 0.6 is 0 Å². The molecule has 0 saturated carbocycles. The van der Waals surface area contributed by atoms with E-state index in [2.05, 4.69) is 23.2 Å². The number of ether oxygens (including phenoxy) is 2. The number of nitrogens with zero attached hydrogens (tertiary/aromatic N) is 2. The Labute approximate surface area is 157 Å². The minimum absolute atomic E-state index is 0.0281. The van der Waals surface area contributed by atoms with E-state index in [1.165, 1.54) is 12.7 Å². The molecule has 0 fully saturated rings. The number of esters is 1. The predicted molar refractivity (Wildman–Crippen MR) is 101 cm³/mol. The molecule has 3 aromatic rings. The first-order valence-electron chi connectivity index (χ1n) is 8.72. The molecule has 0 spiro atoms. The van der Waals surface area contributed by atoms with Crippen LogP contribution in [0.5, 0.6) is 5.75 Å². The van der Waals surface area contributed by atoms with Gasteiger partial charge in [-0.05, 0) is 23.6 Å². The molecule has 6 nitrogen and oxygen atoms in total. The minimum Gasteiger partial charge on any atom is -0.494 e. The number of benzene rings is 2. The van der Waals surface area contributed by atoms with Gasteiger partial charge in [-0.1, -0.05) is 36.4 Å². The predicted octanol–water partition coefficient (Wildman–Crippen LogP) is 3.53. The second kappa shape index (κ2) is 8.37. The van der Waals surface area contributed by atoms with Crippen LogP contribution in [0.1, 0.15) is 29.3 Å². The molecular weight excluding hydrogens is 342 g/mol. The van der Waals surface area contributed by atoms with Crippen molar-refractivity contribution < 1.29 is 14.3 Å². The van der Waals surface area contributed by atoms with E-state index >= 15 is 0 Å². The Bertz CT molecular complexity index is 973. The van der Waals surface area contributed by atoms with Crippen LogP contribution in [0.25, 0.3) is 11.0 Å². The number of H-pyrrole nitrogens is 1. The summed E-state index contributed by atoms with van der Waals surface area (Å²) in [6.07, 6.45) is 1.60. The summed E-state index contributed by atoms with van der Waals surface area (Å²) in [6.45, 7) is 0. The zero-order valence-corrected chi connectivity index (χ0v) is 15.4. The molecule has 0 bridgehead atoms. The summed E-state index contributed by atoms with van der Waals surface area (Å²) < 4.78 is 10.3. The molecule has 1 unspecified atom stereocenters. The van der Waals surface area contributed by atoms with Gasteiger partial charge in [0.05, 0.1) is 38.1 Å². The normalized spacial score (nSPS) is 11.7. The number of aryl methyl sites for hydroxylation is 2. The van der Waals surface area contributed by atoms with Gasteiger partial charge < -0.3 is 14.5 Å². The zero-order valence-electron chi connectivity index (χ0n) is 15.4. The standard InChI is InChI=1S/C21H21N3O3/c1-26-17-10-9-15(16(12-13-22)21(25)27-2)19-20(17)24-18(23-19)11-8-14-6-4-3-5-7-14/h3-7,9-10,16H,8,11-12H2,1-2H3,(H,23,24). The zero-order chi connectivity index (χ0) is 19.2. The number of imidazole rings is 1. The molecule has 3 rings (SSSR count).